The number of aromatic nitrogens is 2. The molecule has 0 fully saturated rings. The highest BCUT2D eigenvalue weighted by Crippen LogP contribution is 2.32. The number of carbonyl (C=O) groups is 1. The molecule has 0 unspecified atom stereocenters. The Morgan fingerprint density at radius 3 is 2.68 bits per heavy atom. The van der Waals surface area contributed by atoms with Crippen LogP contribution in [0.4, 0.5) is 13.2 Å². The topological polar surface area (TPSA) is 57.8 Å². The molecule has 1 aromatic carbocycles. The number of hydrogen-bond donors (Lipinski definition) is 2. The van der Waals surface area contributed by atoms with Gasteiger partial charge in [-0.25, -0.2) is 0 Å². The molecule has 0 aliphatic rings. The third-order valence-electron chi connectivity index (χ3n) is 3.17. The van der Waals surface area contributed by atoms with Crippen LogP contribution in [0.15, 0.2) is 36.5 Å². The summed E-state index contributed by atoms with van der Waals surface area (Å²) in [5.41, 5.74) is 0.161. The maximum absolute atomic E-state index is 12.9. The summed E-state index contributed by atoms with van der Waals surface area (Å²) in [4.78, 5) is 11.8. The van der Waals surface area contributed by atoms with E-state index in [4.69, 9.17) is 0 Å². The molecule has 1 heterocycles. The lowest BCUT2D eigenvalue weighted by atomic mass is 10.0. The maximum atomic E-state index is 12.9. The summed E-state index contributed by atoms with van der Waals surface area (Å²) in [6.45, 7) is 1.68. The molecule has 0 aliphatic carbocycles. The van der Waals surface area contributed by atoms with Gasteiger partial charge in [-0.3, -0.25) is 9.89 Å². The lowest BCUT2D eigenvalue weighted by molar-refractivity contribution is -0.138. The van der Waals surface area contributed by atoms with E-state index in [1.165, 1.54) is 18.3 Å². The Morgan fingerprint density at radius 1 is 1.32 bits per heavy atom. The van der Waals surface area contributed by atoms with Crippen molar-refractivity contribution < 1.29 is 18.0 Å². The molecular formula is C15H16F3N3O. The summed E-state index contributed by atoms with van der Waals surface area (Å²) < 4.78 is 38.7. The number of nitrogens with zero attached hydrogens (tertiary/aromatic N) is 1. The molecule has 0 bridgehead atoms. The van der Waals surface area contributed by atoms with Gasteiger partial charge in [0, 0.05) is 17.9 Å². The summed E-state index contributed by atoms with van der Waals surface area (Å²) in [6.07, 6.45) is -2.63. The van der Waals surface area contributed by atoms with E-state index in [0.717, 1.165) is 6.07 Å². The third kappa shape index (κ3) is 4.34. The number of alkyl halides is 3. The van der Waals surface area contributed by atoms with Crippen molar-refractivity contribution in [2.75, 3.05) is 0 Å². The second-order valence-corrected chi connectivity index (χ2v) is 5.09. The first kappa shape index (κ1) is 16.1. The zero-order chi connectivity index (χ0) is 16.2. The normalized spacial score (nSPS) is 12.9. The Bertz CT molecular complexity index is 623. The van der Waals surface area contributed by atoms with Crippen molar-refractivity contribution in [3.05, 3.63) is 53.3 Å². The first-order chi connectivity index (χ1) is 10.4. The summed E-state index contributed by atoms with van der Waals surface area (Å²) in [5.74, 6) is -0.263. The highest BCUT2D eigenvalue weighted by Gasteiger charge is 2.33. The Hall–Kier alpha value is -2.31. The molecule has 1 aromatic heterocycles. The first-order valence-electron chi connectivity index (χ1n) is 6.79. The Balaban J connectivity index is 1.97. The Kier molecular flexibility index (Phi) is 4.85. The van der Waals surface area contributed by atoms with Crippen LogP contribution >= 0.6 is 0 Å². The van der Waals surface area contributed by atoms with Gasteiger partial charge in [0.05, 0.1) is 12.0 Å². The number of benzene rings is 1. The number of nitrogens with one attached hydrogen (secondary N) is 2. The monoisotopic (exact) mass is 311 g/mol. The Morgan fingerprint density at radius 2 is 2.05 bits per heavy atom. The molecule has 1 amide bonds. The zero-order valence-corrected chi connectivity index (χ0v) is 11.9. The van der Waals surface area contributed by atoms with Crippen LogP contribution in [0.3, 0.4) is 0 Å². The molecule has 1 atom stereocenters. The van der Waals surface area contributed by atoms with Gasteiger partial charge in [-0.2, -0.15) is 18.3 Å². The van der Waals surface area contributed by atoms with E-state index in [9.17, 15) is 18.0 Å². The van der Waals surface area contributed by atoms with Crippen molar-refractivity contribution in [3.8, 4) is 0 Å². The molecule has 2 aromatic rings. The van der Waals surface area contributed by atoms with Gasteiger partial charge >= 0.3 is 6.18 Å². The lowest BCUT2D eigenvalue weighted by Gasteiger charge is -2.17. The number of amides is 1. The molecule has 2 rings (SSSR count). The standard InChI is InChI=1S/C15H16F3N3O/c1-10(20-14(22)9-12-6-7-19-21-12)8-11-4-2-3-5-13(11)15(16,17)18/h2-7,10H,8-9H2,1H3,(H,19,21)(H,20,22)/t10-/m0/s1. The molecule has 7 heteroatoms. The predicted molar refractivity (Wildman–Crippen MR) is 75.0 cm³/mol. The molecule has 0 aliphatic heterocycles. The van der Waals surface area contributed by atoms with Gasteiger partial charge in [-0.1, -0.05) is 18.2 Å². The summed E-state index contributed by atoms with van der Waals surface area (Å²) in [6, 6.07) is 6.66. The first-order valence-corrected chi connectivity index (χ1v) is 6.79. The van der Waals surface area contributed by atoms with Crippen molar-refractivity contribution in [2.24, 2.45) is 0 Å². The number of aromatic amines is 1. The van der Waals surface area contributed by atoms with E-state index < -0.39 is 17.8 Å². The Labute approximate surface area is 125 Å². The number of halogens is 3. The predicted octanol–water partition coefficient (Wildman–Crippen LogP) is 2.72. The van der Waals surface area contributed by atoms with Crippen molar-refractivity contribution in [2.45, 2.75) is 32.0 Å². The molecule has 22 heavy (non-hydrogen) atoms. The van der Waals surface area contributed by atoms with Gasteiger partial charge in [0.15, 0.2) is 0 Å². The van der Waals surface area contributed by atoms with Gasteiger partial charge < -0.3 is 5.32 Å². The van der Waals surface area contributed by atoms with E-state index in [0.29, 0.717) is 5.69 Å². The minimum atomic E-state index is -4.39. The van der Waals surface area contributed by atoms with Gasteiger partial charge in [0.2, 0.25) is 5.91 Å². The fraction of sp³-hybridized carbons (Fsp3) is 0.333. The van der Waals surface area contributed by atoms with Crippen molar-refractivity contribution in [1.29, 1.82) is 0 Å². The number of H-pyrrole nitrogens is 1. The fourth-order valence-electron chi connectivity index (χ4n) is 2.24. The van der Waals surface area contributed by atoms with Crippen LogP contribution in [0.5, 0.6) is 0 Å². The van der Waals surface area contributed by atoms with E-state index >= 15 is 0 Å². The van der Waals surface area contributed by atoms with E-state index in [1.54, 1.807) is 19.1 Å². The minimum absolute atomic E-state index is 0.115. The lowest BCUT2D eigenvalue weighted by Crippen LogP contribution is -2.35. The highest BCUT2D eigenvalue weighted by atomic mass is 19.4. The smallest absolute Gasteiger partial charge is 0.353 e. The van der Waals surface area contributed by atoms with Crippen molar-refractivity contribution in [1.82, 2.24) is 15.5 Å². The minimum Gasteiger partial charge on any atom is -0.353 e. The van der Waals surface area contributed by atoms with Gasteiger partial charge in [0.1, 0.15) is 0 Å². The fourth-order valence-corrected chi connectivity index (χ4v) is 2.24. The van der Waals surface area contributed by atoms with Crippen LogP contribution in [0, 0.1) is 0 Å². The number of carbonyl (C=O) groups excluding carboxylic acids is 1. The molecule has 2 N–H and O–H groups in total. The van der Waals surface area contributed by atoms with Gasteiger partial charge in [-0.05, 0) is 31.0 Å². The molecule has 0 radical (unpaired) electrons. The van der Waals surface area contributed by atoms with Crippen LogP contribution in [0.25, 0.3) is 0 Å². The van der Waals surface area contributed by atoms with Crippen LogP contribution in [0.1, 0.15) is 23.7 Å². The number of hydrogen-bond acceptors (Lipinski definition) is 2. The average molecular weight is 311 g/mol. The van der Waals surface area contributed by atoms with Crippen LogP contribution < -0.4 is 5.32 Å². The van der Waals surface area contributed by atoms with Crippen molar-refractivity contribution in [3.63, 3.8) is 0 Å². The zero-order valence-electron chi connectivity index (χ0n) is 11.9. The van der Waals surface area contributed by atoms with E-state index in [1.807, 2.05) is 0 Å². The second-order valence-electron chi connectivity index (χ2n) is 5.09. The van der Waals surface area contributed by atoms with E-state index in [-0.39, 0.29) is 24.3 Å². The maximum Gasteiger partial charge on any atom is 0.416 e. The van der Waals surface area contributed by atoms with Crippen LogP contribution in [0.2, 0.25) is 0 Å². The van der Waals surface area contributed by atoms with E-state index in [2.05, 4.69) is 15.5 Å². The molecule has 0 spiro atoms. The SMILES string of the molecule is C[C@@H](Cc1ccccc1C(F)(F)F)NC(=O)Cc1ccn[nH]1. The van der Waals surface area contributed by atoms with Gasteiger partial charge in [0.25, 0.3) is 0 Å². The van der Waals surface area contributed by atoms with Crippen LogP contribution in [-0.2, 0) is 23.8 Å². The summed E-state index contributed by atoms with van der Waals surface area (Å²) in [5, 5.41) is 9.08. The third-order valence-corrected chi connectivity index (χ3v) is 3.17. The summed E-state index contributed by atoms with van der Waals surface area (Å²) >= 11 is 0. The largest absolute Gasteiger partial charge is 0.416 e. The quantitative estimate of drug-likeness (QED) is 0.892. The highest BCUT2D eigenvalue weighted by molar-refractivity contribution is 5.78. The van der Waals surface area contributed by atoms with Crippen molar-refractivity contribution >= 4 is 5.91 Å². The molecule has 0 saturated carbocycles. The molecule has 118 valence electrons. The molecule has 4 nitrogen and oxygen atoms in total. The summed E-state index contributed by atoms with van der Waals surface area (Å²) in [7, 11) is 0. The van der Waals surface area contributed by atoms with Crippen LogP contribution in [-0.4, -0.2) is 22.1 Å². The number of rotatable bonds is 5. The molecular weight excluding hydrogens is 295 g/mol. The molecule has 0 saturated heterocycles. The second kappa shape index (κ2) is 6.64. The van der Waals surface area contributed by atoms with Gasteiger partial charge in [-0.15, -0.1) is 0 Å². The average Bonchev–Trinajstić information content (AvgIpc) is 2.90.